The molecule has 0 aliphatic heterocycles. The molecule has 3 heterocycles. The number of benzene rings is 5. The normalized spacial score (nSPS) is 13.8. The zero-order chi connectivity index (χ0) is 35.5. The van der Waals surface area contributed by atoms with E-state index < -0.39 is 0 Å². The maximum atomic E-state index is 4.11. The number of aromatic nitrogens is 2. The highest BCUT2D eigenvalue weighted by Crippen LogP contribution is 2.41. The molecule has 0 unspecified atom stereocenters. The van der Waals surface area contributed by atoms with Crippen molar-refractivity contribution >= 4 is 67.5 Å². The molecule has 2 aliphatic carbocycles. The van der Waals surface area contributed by atoms with E-state index in [9.17, 15) is 0 Å². The smallest absolute Gasteiger partial charge is 0.0543 e. The van der Waals surface area contributed by atoms with Crippen LogP contribution < -0.4 is 0 Å². The third-order valence-electron chi connectivity index (χ3n) is 11.2. The van der Waals surface area contributed by atoms with E-state index >= 15 is 0 Å². The van der Waals surface area contributed by atoms with Gasteiger partial charge in [0.25, 0.3) is 0 Å². The number of allylic oxidation sites excluding steroid dienone is 3. The van der Waals surface area contributed by atoms with Crippen molar-refractivity contribution in [3.8, 4) is 33.6 Å². The minimum Gasteiger partial charge on any atom is -0.313 e. The molecule has 0 radical (unpaired) electrons. The van der Waals surface area contributed by atoms with Gasteiger partial charge in [-0.1, -0.05) is 105 Å². The Morgan fingerprint density at radius 3 is 2.23 bits per heavy atom. The number of para-hydroxylation sites is 1. The molecule has 0 N–H and O–H groups in total. The van der Waals surface area contributed by atoms with Gasteiger partial charge in [0, 0.05) is 54.1 Å². The highest BCUT2D eigenvalue weighted by molar-refractivity contribution is 7.20. The van der Waals surface area contributed by atoms with Crippen molar-refractivity contribution in [2.24, 2.45) is 0 Å². The SMILES string of the molecule is C=Cc1sc2ccc(-c3ccc4c5c(n(-c6ccc(-c7ccc8c(c7)c7c(n8-c8ccccc8)C=CCC7)cc6)c4c3)CCC=C5)cc2c1/C=C\CC. The van der Waals surface area contributed by atoms with Gasteiger partial charge in [-0.3, -0.25) is 0 Å². The highest BCUT2D eigenvalue weighted by atomic mass is 32.1. The Morgan fingerprint density at radius 1 is 0.660 bits per heavy atom. The van der Waals surface area contributed by atoms with Crippen LogP contribution in [0.1, 0.15) is 59.1 Å². The van der Waals surface area contributed by atoms with Crippen molar-refractivity contribution in [3.05, 3.63) is 167 Å². The first-order chi connectivity index (χ1) is 26.2. The summed E-state index contributed by atoms with van der Waals surface area (Å²) in [6.45, 7) is 6.29. The van der Waals surface area contributed by atoms with E-state index in [1.807, 2.05) is 17.4 Å². The lowest BCUT2D eigenvalue weighted by Crippen LogP contribution is -2.03. The lowest BCUT2D eigenvalue weighted by Gasteiger charge is -2.14. The number of hydrogen-bond acceptors (Lipinski definition) is 1. The van der Waals surface area contributed by atoms with Gasteiger partial charge in [-0.2, -0.15) is 0 Å². The first kappa shape index (κ1) is 31.8. The lowest BCUT2D eigenvalue weighted by molar-refractivity contribution is 0.889. The summed E-state index contributed by atoms with van der Waals surface area (Å²) in [6, 6.07) is 41.0. The molecule has 2 aliphatic rings. The Kier molecular flexibility index (Phi) is 7.77. The molecule has 10 rings (SSSR count). The number of nitrogens with zero attached hydrogens (tertiary/aromatic N) is 2. The quantitative estimate of drug-likeness (QED) is 0.157. The molecule has 0 spiro atoms. The molecule has 0 bridgehead atoms. The van der Waals surface area contributed by atoms with E-state index in [4.69, 9.17) is 0 Å². The van der Waals surface area contributed by atoms with E-state index in [2.05, 4.69) is 168 Å². The fourth-order valence-corrected chi connectivity index (χ4v) is 9.67. The minimum atomic E-state index is 1.01. The van der Waals surface area contributed by atoms with Crippen molar-refractivity contribution in [1.82, 2.24) is 9.13 Å². The molecule has 0 saturated carbocycles. The Labute approximate surface area is 315 Å². The van der Waals surface area contributed by atoms with Gasteiger partial charge in [0.15, 0.2) is 0 Å². The van der Waals surface area contributed by atoms with Crippen LogP contribution in [0.2, 0.25) is 0 Å². The van der Waals surface area contributed by atoms with E-state index in [1.165, 1.54) is 98.5 Å². The van der Waals surface area contributed by atoms with Gasteiger partial charge in [-0.25, -0.2) is 0 Å². The fourth-order valence-electron chi connectivity index (χ4n) is 8.64. The van der Waals surface area contributed by atoms with Gasteiger partial charge >= 0.3 is 0 Å². The van der Waals surface area contributed by atoms with Gasteiger partial charge in [-0.05, 0) is 126 Å². The fraction of sp³-hybridized carbons (Fsp3) is 0.120. The summed E-state index contributed by atoms with van der Waals surface area (Å²) < 4.78 is 6.24. The number of thiophene rings is 1. The largest absolute Gasteiger partial charge is 0.313 e. The first-order valence-corrected chi connectivity index (χ1v) is 19.7. The Morgan fingerprint density at radius 2 is 1.38 bits per heavy atom. The molecule has 3 aromatic heterocycles. The van der Waals surface area contributed by atoms with E-state index in [0.717, 1.165) is 32.1 Å². The van der Waals surface area contributed by atoms with Crippen LogP contribution in [0.25, 0.3) is 89.8 Å². The first-order valence-electron chi connectivity index (χ1n) is 18.9. The number of hydrogen-bond donors (Lipinski definition) is 0. The molecule has 2 nitrogen and oxygen atoms in total. The van der Waals surface area contributed by atoms with Gasteiger partial charge in [0.1, 0.15) is 0 Å². The van der Waals surface area contributed by atoms with Crippen molar-refractivity contribution < 1.29 is 0 Å². The number of rotatable bonds is 7. The number of fused-ring (bicyclic) bond motifs is 7. The van der Waals surface area contributed by atoms with Crippen LogP contribution >= 0.6 is 11.3 Å². The van der Waals surface area contributed by atoms with Gasteiger partial charge < -0.3 is 9.13 Å². The van der Waals surface area contributed by atoms with Crippen molar-refractivity contribution in [2.45, 2.75) is 39.0 Å². The highest BCUT2D eigenvalue weighted by Gasteiger charge is 2.21. The molecule has 256 valence electrons. The van der Waals surface area contributed by atoms with Crippen LogP contribution in [0.3, 0.4) is 0 Å². The van der Waals surface area contributed by atoms with Gasteiger partial charge in [0.2, 0.25) is 0 Å². The predicted octanol–water partition coefficient (Wildman–Crippen LogP) is 14.1. The average Bonchev–Trinajstić information content (AvgIpc) is 3.87. The summed E-state index contributed by atoms with van der Waals surface area (Å²) >= 11 is 1.82. The summed E-state index contributed by atoms with van der Waals surface area (Å²) in [7, 11) is 0. The molecule has 53 heavy (non-hydrogen) atoms. The van der Waals surface area contributed by atoms with Crippen LogP contribution in [0.15, 0.2) is 134 Å². The summed E-state index contributed by atoms with van der Waals surface area (Å²) in [5.74, 6) is 0. The van der Waals surface area contributed by atoms with Crippen LogP contribution in [0.5, 0.6) is 0 Å². The third kappa shape index (κ3) is 5.22. The minimum absolute atomic E-state index is 1.01. The van der Waals surface area contributed by atoms with Crippen molar-refractivity contribution in [1.29, 1.82) is 0 Å². The molecule has 5 aromatic carbocycles. The van der Waals surface area contributed by atoms with E-state index in [-0.39, 0.29) is 0 Å². The van der Waals surface area contributed by atoms with Gasteiger partial charge in [0.05, 0.1) is 11.0 Å². The van der Waals surface area contributed by atoms with Crippen molar-refractivity contribution in [2.75, 3.05) is 0 Å². The summed E-state index contributed by atoms with van der Waals surface area (Å²) in [5, 5.41) is 3.97. The second kappa shape index (κ2) is 12.9. The van der Waals surface area contributed by atoms with Crippen LogP contribution in [0, 0.1) is 0 Å². The monoisotopic (exact) mass is 700 g/mol. The zero-order valence-corrected chi connectivity index (χ0v) is 30.8. The Balaban J connectivity index is 1.06. The summed E-state index contributed by atoms with van der Waals surface area (Å²) in [4.78, 5) is 1.23. The van der Waals surface area contributed by atoms with E-state index in [1.54, 1.807) is 0 Å². The molecule has 0 fully saturated rings. The second-order valence-corrected chi connectivity index (χ2v) is 15.3. The van der Waals surface area contributed by atoms with Crippen LogP contribution in [-0.4, -0.2) is 9.13 Å². The molecule has 0 amide bonds. The molecule has 0 atom stereocenters. The second-order valence-electron chi connectivity index (χ2n) is 14.2. The molecule has 0 saturated heterocycles. The Bertz CT molecular complexity index is 2810. The van der Waals surface area contributed by atoms with Crippen molar-refractivity contribution in [3.63, 3.8) is 0 Å². The van der Waals surface area contributed by atoms with E-state index in [0.29, 0.717) is 0 Å². The third-order valence-corrected chi connectivity index (χ3v) is 12.3. The lowest BCUT2D eigenvalue weighted by atomic mass is 9.98. The van der Waals surface area contributed by atoms with Crippen LogP contribution in [-0.2, 0) is 12.8 Å². The summed E-state index contributed by atoms with van der Waals surface area (Å²) in [5.41, 5.74) is 16.7. The summed E-state index contributed by atoms with van der Waals surface area (Å²) in [6.07, 6.45) is 21.0. The maximum Gasteiger partial charge on any atom is 0.0543 e. The Hall–Kier alpha value is -5.90. The topological polar surface area (TPSA) is 9.86 Å². The molecule has 8 aromatic rings. The average molecular weight is 701 g/mol. The van der Waals surface area contributed by atoms with Crippen LogP contribution in [0.4, 0.5) is 0 Å². The maximum absolute atomic E-state index is 4.11. The van der Waals surface area contributed by atoms with Gasteiger partial charge in [-0.15, -0.1) is 11.3 Å². The standard InChI is InChI=1S/C50H40N2S/c1-3-5-15-42-44-31-35(24-29-50(44)53-49(42)4-2)36-22-27-41-39-16-9-11-18-45(39)52(48(41)32-36)38-25-20-33(21-26-38)34-23-28-47-43(30-34)40-17-10-12-19-46(40)51(47)37-13-7-6-8-14-37/h4-9,12-16,19-32H,2-3,10-11,17-18H2,1H3/b15-5-. The predicted molar refractivity (Wildman–Crippen MR) is 230 cm³/mol. The number of aryl methyl sites for hydroxylation is 1. The molecule has 3 heteroatoms. The molecular formula is C50H40N2S. The molecular weight excluding hydrogens is 661 g/mol. The zero-order valence-electron chi connectivity index (χ0n) is 30.0.